The molecule has 1 aromatic carbocycles. The van der Waals surface area contributed by atoms with Crippen LogP contribution in [0.3, 0.4) is 0 Å². The highest BCUT2D eigenvalue weighted by Gasteiger charge is 2.28. The molecule has 4 rings (SSSR count). The molecule has 134 valence electrons. The van der Waals surface area contributed by atoms with Crippen molar-refractivity contribution in [2.75, 3.05) is 5.75 Å². The lowest BCUT2D eigenvalue weighted by atomic mass is 10.1. The molecule has 2 heterocycles. The van der Waals surface area contributed by atoms with Crippen LogP contribution >= 0.6 is 11.8 Å². The molecule has 0 bridgehead atoms. The van der Waals surface area contributed by atoms with Gasteiger partial charge < -0.3 is 8.98 Å². The zero-order valence-corrected chi connectivity index (χ0v) is 16.0. The van der Waals surface area contributed by atoms with Gasteiger partial charge in [0.2, 0.25) is 5.89 Å². The third-order valence-electron chi connectivity index (χ3n) is 4.73. The molecule has 0 radical (unpaired) electrons. The number of hydrogen-bond donors (Lipinski definition) is 0. The second-order valence-corrected chi connectivity index (χ2v) is 7.76. The largest absolute Gasteiger partial charge is 0.411 e. The van der Waals surface area contributed by atoms with E-state index in [-0.39, 0.29) is 5.78 Å². The fourth-order valence-electron chi connectivity index (χ4n) is 3.24. The van der Waals surface area contributed by atoms with Gasteiger partial charge in [-0.3, -0.25) is 4.79 Å². The summed E-state index contributed by atoms with van der Waals surface area (Å²) in [5.41, 5.74) is 5.10. The van der Waals surface area contributed by atoms with Gasteiger partial charge in [0, 0.05) is 28.6 Å². The minimum absolute atomic E-state index is 0.102. The van der Waals surface area contributed by atoms with E-state index in [2.05, 4.69) is 21.7 Å². The molecule has 0 N–H and O–H groups in total. The summed E-state index contributed by atoms with van der Waals surface area (Å²) < 4.78 is 7.98. The van der Waals surface area contributed by atoms with Crippen molar-refractivity contribution in [1.29, 1.82) is 0 Å². The van der Waals surface area contributed by atoms with E-state index < -0.39 is 0 Å². The lowest BCUT2D eigenvalue weighted by molar-refractivity contribution is 0.102. The smallest absolute Gasteiger partial charge is 0.277 e. The number of hydrogen-bond acceptors (Lipinski definition) is 5. The Hall–Kier alpha value is -2.34. The summed E-state index contributed by atoms with van der Waals surface area (Å²) in [6, 6.07) is 10.5. The summed E-state index contributed by atoms with van der Waals surface area (Å²) in [7, 11) is 0. The van der Waals surface area contributed by atoms with Gasteiger partial charge >= 0.3 is 0 Å². The SMILES string of the molecule is Cc1ccc(-c2nnc(SCC(=O)c3cc(C)n(C4CC4)c3C)o2)cc1. The molecule has 0 amide bonds. The van der Waals surface area contributed by atoms with E-state index in [1.165, 1.54) is 30.2 Å². The highest BCUT2D eigenvalue weighted by atomic mass is 32.2. The van der Waals surface area contributed by atoms with Crippen molar-refractivity contribution in [2.45, 2.75) is 44.9 Å². The van der Waals surface area contributed by atoms with Crippen LogP contribution < -0.4 is 0 Å². The minimum atomic E-state index is 0.102. The standard InChI is InChI=1S/C20H21N3O2S/c1-12-4-6-15(7-5-12)19-21-22-20(25-19)26-11-18(24)17-10-13(2)23(14(17)3)16-8-9-16/h4-7,10,16H,8-9,11H2,1-3H3. The molecule has 1 saturated carbocycles. The van der Waals surface area contributed by atoms with E-state index >= 15 is 0 Å². The first-order valence-electron chi connectivity index (χ1n) is 8.78. The quantitative estimate of drug-likeness (QED) is 0.464. The van der Waals surface area contributed by atoms with E-state index in [4.69, 9.17) is 4.42 Å². The third-order valence-corrected chi connectivity index (χ3v) is 5.55. The number of rotatable bonds is 6. The van der Waals surface area contributed by atoms with E-state index in [0.717, 1.165) is 22.5 Å². The van der Waals surface area contributed by atoms with Crippen LogP contribution in [0, 0.1) is 20.8 Å². The number of Topliss-reactive ketones (excluding diaryl/α,β-unsaturated/α-hetero) is 1. The van der Waals surface area contributed by atoms with Crippen LogP contribution in [0.25, 0.3) is 11.5 Å². The number of thioether (sulfide) groups is 1. The maximum atomic E-state index is 12.6. The average molecular weight is 367 g/mol. The van der Waals surface area contributed by atoms with Crippen molar-refractivity contribution >= 4 is 17.5 Å². The monoisotopic (exact) mass is 367 g/mol. The number of benzene rings is 1. The van der Waals surface area contributed by atoms with Gasteiger partial charge in [-0.15, -0.1) is 10.2 Å². The summed E-state index contributed by atoms with van der Waals surface area (Å²) in [5.74, 6) is 0.877. The van der Waals surface area contributed by atoms with Gasteiger partial charge in [0.25, 0.3) is 5.22 Å². The van der Waals surface area contributed by atoms with Crippen LogP contribution in [0.15, 0.2) is 40.0 Å². The molecular formula is C20H21N3O2S. The van der Waals surface area contributed by atoms with Gasteiger partial charge in [-0.2, -0.15) is 0 Å². The van der Waals surface area contributed by atoms with Crippen LogP contribution in [-0.4, -0.2) is 26.3 Å². The third kappa shape index (κ3) is 3.33. The van der Waals surface area contributed by atoms with E-state index in [9.17, 15) is 4.79 Å². The van der Waals surface area contributed by atoms with Crippen molar-refractivity contribution in [2.24, 2.45) is 0 Å². The summed E-state index contributed by atoms with van der Waals surface area (Å²) in [6.07, 6.45) is 2.42. The summed E-state index contributed by atoms with van der Waals surface area (Å²) >= 11 is 1.29. The molecule has 0 spiro atoms. The molecular weight excluding hydrogens is 346 g/mol. The molecule has 0 saturated heterocycles. The molecule has 1 aliphatic carbocycles. The first kappa shape index (κ1) is 17.1. The Balaban J connectivity index is 1.44. The van der Waals surface area contributed by atoms with E-state index in [1.807, 2.05) is 44.2 Å². The van der Waals surface area contributed by atoms with Crippen molar-refractivity contribution in [3.63, 3.8) is 0 Å². The fraction of sp³-hybridized carbons (Fsp3) is 0.350. The molecule has 0 atom stereocenters. The predicted molar refractivity (Wildman–Crippen MR) is 102 cm³/mol. The average Bonchev–Trinajstić information content (AvgIpc) is 3.26. The fourth-order valence-corrected chi connectivity index (χ4v) is 3.89. The molecule has 1 aliphatic rings. The van der Waals surface area contributed by atoms with Crippen molar-refractivity contribution in [3.05, 3.63) is 52.8 Å². The van der Waals surface area contributed by atoms with Crippen molar-refractivity contribution in [1.82, 2.24) is 14.8 Å². The summed E-state index contributed by atoms with van der Waals surface area (Å²) in [6.45, 7) is 6.14. The molecule has 6 heteroatoms. The van der Waals surface area contributed by atoms with Gasteiger partial charge in [0.05, 0.1) is 5.75 Å². The number of ketones is 1. The lowest BCUT2D eigenvalue weighted by Crippen LogP contribution is -2.05. The van der Waals surface area contributed by atoms with Crippen molar-refractivity contribution in [3.8, 4) is 11.5 Å². The number of aryl methyl sites for hydroxylation is 2. The summed E-state index contributed by atoms with van der Waals surface area (Å²) in [4.78, 5) is 12.6. The highest BCUT2D eigenvalue weighted by molar-refractivity contribution is 7.99. The highest BCUT2D eigenvalue weighted by Crippen LogP contribution is 2.38. The zero-order chi connectivity index (χ0) is 18.3. The van der Waals surface area contributed by atoms with Crippen LogP contribution in [0.5, 0.6) is 0 Å². The predicted octanol–water partition coefficient (Wildman–Crippen LogP) is 4.77. The Bertz CT molecular complexity index is 952. The molecule has 26 heavy (non-hydrogen) atoms. The van der Waals surface area contributed by atoms with Crippen molar-refractivity contribution < 1.29 is 9.21 Å². The number of nitrogens with zero attached hydrogens (tertiary/aromatic N) is 3. The topological polar surface area (TPSA) is 60.9 Å². The molecule has 3 aromatic rings. The first-order chi connectivity index (χ1) is 12.5. The Kier molecular flexibility index (Phi) is 4.44. The molecule has 1 fully saturated rings. The minimum Gasteiger partial charge on any atom is -0.411 e. The summed E-state index contributed by atoms with van der Waals surface area (Å²) in [5, 5.41) is 8.56. The maximum absolute atomic E-state index is 12.6. The second-order valence-electron chi connectivity index (χ2n) is 6.84. The van der Waals surface area contributed by atoms with E-state index in [0.29, 0.717) is 22.9 Å². The molecule has 0 aliphatic heterocycles. The van der Waals surface area contributed by atoms with Gasteiger partial charge in [-0.25, -0.2) is 0 Å². The number of carbonyl (C=O) groups excluding carboxylic acids is 1. The Morgan fingerprint density at radius 1 is 1.19 bits per heavy atom. The molecule has 5 nitrogen and oxygen atoms in total. The van der Waals surface area contributed by atoms with Gasteiger partial charge in [0.15, 0.2) is 5.78 Å². The van der Waals surface area contributed by atoms with Gasteiger partial charge in [0.1, 0.15) is 0 Å². The number of aromatic nitrogens is 3. The van der Waals surface area contributed by atoms with Gasteiger partial charge in [-0.05, 0) is 51.8 Å². The Morgan fingerprint density at radius 2 is 1.92 bits per heavy atom. The molecule has 2 aromatic heterocycles. The zero-order valence-electron chi connectivity index (χ0n) is 15.2. The normalized spacial score (nSPS) is 14.0. The Labute approximate surface area is 156 Å². The lowest BCUT2D eigenvalue weighted by Gasteiger charge is -2.07. The second kappa shape index (κ2) is 6.76. The Morgan fingerprint density at radius 3 is 2.62 bits per heavy atom. The van der Waals surface area contributed by atoms with E-state index in [1.54, 1.807) is 0 Å². The van der Waals surface area contributed by atoms with Crippen LogP contribution in [0.1, 0.15) is 46.2 Å². The number of carbonyl (C=O) groups is 1. The van der Waals surface area contributed by atoms with Crippen LogP contribution in [0.4, 0.5) is 0 Å². The first-order valence-corrected chi connectivity index (χ1v) is 9.76. The van der Waals surface area contributed by atoms with Gasteiger partial charge in [-0.1, -0.05) is 29.5 Å². The maximum Gasteiger partial charge on any atom is 0.277 e. The molecule has 0 unspecified atom stereocenters. The van der Waals surface area contributed by atoms with Crippen LogP contribution in [0.2, 0.25) is 0 Å². The van der Waals surface area contributed by atoms with Crippen LogP contribution in [-0.2, 0) is 0 Å².